The Kier molecular flexibility index (Phi) is 5.05. The zero-order valence-electron chi connectivity index (χ0n) is 8.95. The molecule has 0 unspecified atom stereocenters. The molecule has 16 heavy (non-hydrogen) atoms. The predicted molar refractivity (Wildman–Crippen MR) is 77.5 cm³/mol. The van der Waals surface area contributed by atoms with E-state index < -0.39 is 0 Å². The Morgan fingerprint density at radius 2 is 2.25 bits per heavy atom. The highest BCUT2D eigenvalue weighted by atomic mass is 35.5. The van der Waals surface area contributed by atoms with E-state index in [4.69, 9.17) is 29.6 Å². The maximum atomic E-state index is 5.89. The minimum atomic E-state index is 0.331. The Hall–Kier alpha value is -0.780. The maximum Gasteiger partial charge on any atom is 0.199 e. The van der Waals surface area contributed by atoms with E-state index >= 15 is 0 Å². The van der Waals surface area contributed by atoms with E-state index in [-0.39, 0.29) is 0 Å². The Labute approximate surface area is 109 Å². The first-order chi connectivity index (χ1) is 7.52. The van der Waals surface area contributed by atoms with Crippen LogP contribution in [0.3, 0.4) is 0 Å². The lowest BCUT2D eigenvalue weighted by Gasteiger charge is -2.08. The third-order valence-electron chi connectivity index (χ3n) is 1.86. The monoisotopic (exact) mass is 273 g/mol. The highest BCUT2D eigenvalue weighted by Gasteiger charge is 2.01. The third kappa shape index (κ3) is 4.00. The summed E-state index contributed by atoms with van der Waals surface area (Å²) in [5, 5.41) is 4.39. The fraction of sp³-hybridized carbons (Fsp3) is 0.200. The number of aliphatic imine (C=N–C) groups is 1. The second kappa shape index (κ2) is 6.08. The number of amidine groups is 1. The van der Waals surface area contributed by atoms with Gasteiger partial charge in [-0.2, -0.15) is 4.99 Å². The molecule has 0 aromatic heterocycles. The van der Waals surface area contributed by atoms with Crippen molar-refractivity contribution in [3.63, 3.8) is 0 Å². The average Bonchev–Trinajstić information content (AvgIpc) is 2.23. The van der Waals surface area contributed by atoms with Gasteiger partial charge in [0.2, 0.25) is 0 Å². The van der Waals surface area contributed by atoms with Gasteiger partial charge in [0.05, 0.1) is 0 Å². The smallest absolute Gasteiger partial charge is 0.199 e. The van der Waals surface area contributed by atoms with E-state index in [1.54, 1.807) is 6.07 Å². The van der Waals surface area contributed by atoms with Crippen LogP contribution in [0.2, 0.25) is 5.02 Å². The molecular formula is C10H12ClN3S2. The third-order valence-corrected chi connectivity index (χ3v) is 2.80. The molecule has 0 radical (unpaired) electrons. The summed E-state index contributed by atoms with van der Waals surface area (Å²) in [7, 11) is 0. The lowest BCUT2D eigenvalue weighted by atomic mass is 10.2. The van der Waals surface area contributed by atoms with E-state index in [1.165, 1.54) is 11.8 Å². The van der Waals surface area contributed by atoms with E-state index in [2.05, 4.69) is 10.3 Å². The summed E-state index contributed by atoms with van der Waals surface area (Å²) < 4.78 is 0. The first kappa shape index (κ1) is 13.3. The highest BCUT2D eigenvalue weighted by molar-refractivity contribution is 8.13. The SMILES string of the molecule is CSC(N)=NC(=S)Nc1cc(Cl)ccc1C. The number of nitrogens with one attached hydrogen (secondary N) is 1. The normalized spacial score (nSPS) is 11.3. The fourth-order valence-electron chi connectivity index (χ4n) is 1.02. The maximum absolute atomic E-state index is 5.89. The van der Waals surface area contributed by atoms with Crippen LogP contribution in [0.5, 0.6) is 0 Å². The number of aryl methyl sites for hydroxylation is 1. The number of anilines is 1. The van der Waals surface area contributed by atoms with Crippen molar-refractivity contribution < 1.29 is 0 Å². The molecule has 0 atom stereocenters. The van der Waals surface area contributed by atoms with Gasteiger partial charge in [-0.3, -0.25) is 0 Å². The van der Waals surface area contributed by atoms with Crippen molar-refractivity contribution in [3.8, 4) is 0 Å². The molecule has 1 rings (SSSR count). The van der Waals surface area contributed by atoms with Gasteiger partial charge in [-0.1, -0.05) is 29.4 Å². The van der Waals surface area contributed by atoms with E-state index in [0.717, 1.165) is 11.3 Å². The van der Waals surface area contributed by atoms with E-state index in [0.29, 0.717) is 15.3 Å². The number of halogens is 1. The van der Waals surface area contributed by atoms with Gasteiger partial charge in [-0.15, -0.1) is 0 Å². The lowest BCUT2D eigenvalue weighted by molar-refractivity contribution is 1.45. The van der Waals surface area contributed by atoms with Gasteiger partial charge in [0, 0.05) is 10.7 Å². The van der Waals surface area contributed by atoms with Crippen LogP contribution in [0.1, 0.15) is 5.56 Å². The van der Waals surface area contributed by atoms with Crippen LogP contribution in [0, 0.1) is 6.92 Å². The molecule has 0 saturated heterocycles. The summed E-state index contributed by atoms with van der Waals surface area (Å²) >= 11 is 12.3. The largest absolute Gasteiger partial charge is 0.378 e. The molecule has 3 nitrogen and oxygen atoms in total. The molecule has 1 aromatic carbocycles. The van der Waals surface area contributed by atoms with Crippen LogP contribution in [0.25, 0.3) is 0 Å². The fourth-order valence-corrected chi connectivity index (χ4v) is 1.64. The molecule has 0 saturated carbocycles. The number of nitrogens with zero attached hydrogens (tertiary/aromatic N) is 1. The number of thioether (sulfide) groups is 1. The topological polar surface area (TPSA) is 50.4 Å². The number of nitrogens with two attached hydrogens (primary N) is 1. The summed E-state index contributed by atoms with van der Waals surface area (Å²) in [5.41, 5.74) is 7.44. The molecule has 0 aliphatic heterocycles. The molecule has 6 heteroatoms. The minimum absolute atomic E-state index is 0.331. The molecule has 0 spiro atoms. The number of hydrogen-bond acceptors (Lipinski definition) is 2. The van der Waals surface area contributed by atoms with Crippen LogP contribution < -0.4 is 11.1 Å². The van der Waals surface area contributed by atoms with Crippen LogP contribution in [-0.2, 0) is 0 Å². The average molecular weight is 274 g/mol. The Morgan fingerprint density at radius 1 is 1.56 bits per heavy atom. The minimum Gasteiger partial charge on any atom is -0.378 e. The van der Waals surface area contributed by atoms with Gasteiger partial charge in [-0.25, -0.2) is 0 Å². The molecule has 1 aromatic rings. The molecule has 0 heterocycles. The molecule has 0 aliphatic carbocycles. The number of rotatable bonds is 1. The Bertz CT molecular complexity index is 432. The first-order valence-corrected chi connectivity index (χ1v) is 6.49. The molecule has 0 fully saturated rings. The van der Waals surface area contributed by atoms with Crippen molar-refractivity contribution >= 4 is 51.5 Å². The summed E-state index contributed by atoms with van der Waals surface area (Å²) in [6, 6.07) is 5.54. The summed E-state index contributed by atoms with van der Waals surface area (Å²) in [6.45, 7) is 1.96. The second-order valence-corrected chi connectivity index (χ2v) is 4.69. The van der Waals surface area contributed by atoms with Crippen LogP contribution in [0.4, 0.5) is 5.69 Å². The summed E-state index contributed by atoms with van der Waals surface area (Å²) in [4.78, 5) is 4.00. The van der Waals surface area contributed by atoms with Gasteiger partial charge in [0.15, 0.2) is 10.3 Å². The molecule has 0 bridgehead atoms. The van der Waals surface area contributed by atoms with Crippen molar-refractivity contribution in [1.29, 1.82) is 0 Å². The molecule has 0 aliphatic rings. The standard InChI is InChI=1S/C10H12ClN3S2/c1-6-3-4-7(11)5-8(6)13-10(15)14-9(12)16-2/h3-5H,1-2H3,(H3,12,13,14,15). The Balaban J connectivity index is 2.81. The van der Waals surface area contributed by atoms with E-state index in [1.807, 2.05) is 25.3 Å². The zero-order valence-corrected chi connectivity index (χ0v) is 11.3. The van der Waals surface area contributed by atoms with Crippen molar-refractivity contribution in [1.82, 2.24) is 0 Å². The zero-order chi connectivity index (χ0) is 12.1. The van der Waals surface area contributed by atoms with Crippen molar-refractivity contribution in [2.45, 2.75) is 6.92 Å². The van der Waals surface area contributed by atoms with Gasteiger partial charge in [0.1, 0.15) is 0 Å². The molecule has 86 valence electrons. The second-order valence-electron chi connectivity index (χ2n) is 3.04. The van der Waals surface area contributed by atoms with Crippen LogP contribution >= 0.6 is 35.6 Å². The summed E-state index contributed by atoms with van der Waals surface area (Å²) in [6.07, 6.45) is 1.84. The van der Waals surface area contributed by atoms with Gasteiger partial charge >= 0.3 is 0 Å². The lowest BCUT2D eigenvalue weighted by Crippen LogP contribution is -2.14. The van der Waals surface area contributed by atoms with Crippen LogP contribution in [-0.4, -0.2) is 16.5 Å². The first-order valence-electron chi connectivity index (χ1n) is 4.48. The number of hydrogen-bond donors (Lipinski definition) is 2. The Morgan fingerprint density at radius 3 is 2.88 bits per heavy atom. The van der Waals surface area contributed by atoms with Crippen molar-refractivity contribution in [2.24, 2.45) is 10.7 Å². The van der Waals surface area contributed by atoms with Crippen molar-refractivity contribution in [3.05, 3.63) is 28.8 Å². The number of thiocarbonyl (C=S) groups is 1. The summed E-state index contributed by atoms with van der Waals surface area (Å²) in [5.74, 6) is 0. The van der Waals surface area contributed by atoms with Gasteiger partial charge < -0.3 is 11.1 Å². The molecule has 0 amide bonds. The molecule has 3 N–H and O–H groups in total. The number of benzene rings is 1. The van der Waals surface area contributed by atoms with Gasteiger partial charge in [-0.05, 0) is 43.1 Å². The van der Waals surface area contributed by atoms with Gasteiger partial charge in [0.25, 0.3) is 0 Å². The van der Waals surface area contributed by atoms with Crippen molar-refractivity contribution in [2.75, 3.05) is 11.6 Å². The highest BCUT2D eigenvalue weighted by Crippen LogP contribution is 2.20. The van der Waals surface area contributed by atoms with E-state index in [9.17, 15) is 0 Å². The molecular weight excluding hydrogens is 262 g/mol. The quantitative estimate of drug-likeness (QED) is 0.469. The predicted octanol–water partition coefficient (Wildman–Crippen LogP) is 3.02. The van der Waals surface area contributed by atoms with Crippen LogP contribution in [0.15, 0.2) is 23.2 Å².